The predicted octanol–water partition coefficient (Wildman–Crippen LogP) is 2.52. The van der Waals surface area contributed by atoms with Gasteiger partial charge in [0.15, 0.2) is 0 Å². The van der Waals surface area contributed by atoms with Gasteiger partial charge in [-0.25, -0.2) is 9.37 Å². The van der Waals surface area contributed by atoms with E-state index in [0.29, 0.717) is 37.4 Å². The predicted molar refractivity (Wildman–Crippen MR) is 105 cm³/mol. The Bertz CT molecular complexity index is 949. The van der Waals surface area contributed by atoms with Crippen LogP contribution in [0.4, 0.5) is 4.39 Å². The molecule has 1 aliphatic heterocycles. The van der Waals surface area contributed by atoms with Gasteiger partial charge in [-0.15, -0.1) is 0 Å². The van der Waals surface area contributed by atoms with Crippen LogP contribution in [0.2, 0.25) is 0 Å². The Balaban J connectivity index is 1.52. The standard InChI is InChI=1S/C22H26FN3O2/c1-2-20-24-19-9-11-25(21(27)13-16-4-3-5-17(23)12-16)10-8-18(19)22(28)26(20)14-15-6-7-15/h3-5,12,15H,2,6-11,13-14H2,1H3. The van der Waals surface area contributed by atoms with Crippen LogP contribution in [0.3, 0.4) is 0 Å². The number of benzene rings is 1. The van der Waals surface area contributed by atoms with Crippen LogP contribution in [0.5, 0.6) is 0 Å². The molecule has 0 unspecified atom stereocenters. The average Bonchev–Trinajstić information content (AvgIpc) is 3.50. The Kier molecular flexibility index (Phi) is 5.29. The lowest BCUT2D eigenvalue weighted by Crippen LogP contribution is -2.34. The summed E-state index contributed by atoms with van der Waals surface area (Å²) < 4.78 is 15.2. The summed E-state index contributed by atoms with van der Waals surface area (Å²) >= 11 is 0. The lowest BCUT2D eigenvalue weighted by molar-refractivity contribution is -0.130. The van der Waals surface area contributed by atoms with Crippen molar-refractivity contribution in [1.82, 2.24) is 14.5 Å². The van der Waals surface area contributed by atoms with Crippen LogP contribution in [-0.4, -0.2) is 33.4 Å². The summed E-state index contributed by atoms with van der Waals surface area (Å²) in [4.78, 5) is 32.4. The highest BCUT2D eigenvalue weighted by Gasteiger charge is 2.27. The van der Waals surface area contributed by atoms with Gasteiger partial charge >= 0.3 is 0 Å². The van der Waals surface area contributed by atoms with Crippen LogP contribution in [0, 0.1) is 11.7 Å². The fraction of sp³-hybridized carbons (Fsp3) is 0.500. The molecule has 1 amide bonds. The van der Waals surface area contributed by atoms with Gasteiger partial charge in [-0.2, -0.15) is 0 Å². The highest BCUT2D eigenvalue weighted by atomic mass is 19.1. The highest BCUT2D eigenvalue weighted by molar-refractivity contribution is 5.78. The second kappa shape index (κ2) is 7.86. The minimum atomic E-state index is -0.332. The Morgan fingerprint density at radius 2 is 2.04 bits per heavy atom. The zero-order valence-corrected chi connectivity index (χ0v) is 16.3. The second-order valence-corrected chi connectivity index (χ2v) is 7.85. The molecule has 1 fully saturated rings. The van der Waals surface area contributed by atoms with Crippen LogP contribution >= 0.6 is 0 Å². The van der Waals surface area contributed by atoms with Crippen LogP contribution < -0.4 is 5.56 Å². The van der Waals surface area contributed by atoms with E-state index >= 15 is 0 Å². The molecule has 148 valence electrons. The molecule has 4 rings (SSSR count). The number of carbonyl (C=O) groups excluding carboxylic acids is 1. The lowest BCUT2D eigenvalue weighted by atomic mass is 10.1. The van der Waals surface area contributed by atoms with Crippen molar-refractivity contribution in [2.75, 3.05) is 13.1 Å². The molecule has 5 nitrogen and oxygen atoms in total. The van der Waals surface area contributed by atoms with Gasteiger partial charge < -0.3 is 4.90 Å². The molecule has 1 saturated carbocycles. The maximum Gasteiger partial charge on any atom is 0.257 e. The Morgan fingerprint density at radius 3 is 2.75 bits per heavy atom. The van der Waals surface area contributed by atoms with Crippen LogP contribution in [0.25, 0.3) is 0 Å². The van der Waals surface area contributed by atoms with Crippen molar-refractivity contribution in [3.63, 3.8) is 0 Å². The molecule has 0 bridgehead atoms. The van der Waals surface area contributed by atoms with Gasteiger partial charge in [0.05, 0.1) is 12.1 Å². The molecule has 2 heterocycles. The van der Waals surface area contributed by atoms with Crippen molar-refractivity contribution in [3.8, 4) is 0 Å². The molecule has 6 heteroatoms. The lowest BCUT2D eigenvalue weighted by Gasteiger charge is -2.20. The zero-order valence-electron chi connectivity index (χ0n) is 16.3. The molecule has 28 heavy (non-hydrogen) atoms. The van der Waals surface area contributed by atoms with Crippen molar-refractivity contribution >= 4 is 5.91 Å². The minimum Gasteiger partial charge on any atom is -0.342 e. The molecule has 1 aliphatic carbocycles. The first kappa shape index (κ1) is 18.8. The van der Waals surface area contributed by atoms with Gasteiger partial charge in [-0.3, -0.25) is 14.2 Å². The van der Waals surface area contributed by atoms with Crippen molar-refractivity contribution in [1.29, 1.82) is 0 Å². The molecule has 1 aromatic heterocycles. The molecule has 0 saturated heterocycles. The molecule has 1 aromatic carbocycles. The molecule has 2 aromatic rings. The Morgan fingerprint density at radius 1 is 1.25 bits per heavy atom. The summed E-state index contributed by atoms with van der Waals surface area (Å²) in [6, 6.07) is 6.16. The van der Waals surface area contributed by atoms with Crippen molar-refractivity contribution in [2.24, 2.45) is 5.92 Å². The third-order valence-corrected chi connectivity index (χ3v) is 5.73. The first-order valence-electron chi connectivity index (χ1n) is 10.2. The third kappa shape index (κ3) is 4.01. The van der Waals surface area contributed by atoms with Crippen LogP contribution in [-0.2, 0) is 37.0 Å². The van der Waals surface area contributed by atoms with E-state index in [2.05, 4.69) is 0 Å². The number of rotatable bonds is 5. The van der Waals surface area contributed by atoms with Gasteiger partial charge in [-0.05, 0) is 42.9 Å². The fourth-order valence-corrected chi connectivity index (χ4v) is 3.94. The summed E-state index contributed by atoms with van der Waals surface area (Å²) in [6.45, 7) is 3.85. The summed E-state index contributed by atoms with van der Waals surface area (Å²) in [5.74, 6) is 1.10. The van der Waals surface area contributed by atoms with Crippen LogP contribution in [0.15, 0.2) is 29.1 Å². The van der Waals surface area contributed by atoms with E-state index in [1.807, 2.05) is 11.5 Å². The number of aromatic nitrogens is 2. The van der Waals surface area contributed by atoms with E-state index in [-0.39, 0.29) is 23.7 Å². The van der Waals surface area contributed by atoms with Crippen LogP contribution in [0.1, 0.15) is 42.4 Å². The van der Waals surface area contributed by atoms with Gasteiger partial charge in [0.25, 0.3) is 5.56 Å². The summed E-state index contributed by atoms with van der Waals surface area (Å²) in [5.41, 5.74) is 2.35. The maximum absolute atomic E-state index is 13.4. The molecule has 0 N–H and O–H groups in total. The Hall–Kier alpha value is -2.50. The number of carbonyl (C=O) groups is 1. The van der Waals surface area contributed by atoms with E-state index in [4.69, 9.17) is 4.98 Å². The molecule has 0 atom stereocenters. The molecular weight excluding hydrogens is 357 g/mol. The first-order valence-corrected chi connectivity index (χ1v) is 10.2. The van der Waals surface area contributed by atoms with E-state index in [0.717, 1.165) is 30.0 Å². The smallest absolute Gasteiger partial charge is 0.257 e. The zero-order chi connectivity index (χ0) is 19.7. The monoisotopic (exact) mass is 383 g/mol. The topological polar surface area (TPSA) is 55.2 Å². The number of nitrogens with zero attached hydrogens (tertiary/aromatic N) is 3. The second-order valence-electron chi connectivity index (χ2n) is 7.85. The summed E-state index contributed by atoms with van der Waals surface area (Å²) in [7, 11) is 0. The summed E-state index contributed by atoms with van der Waals surface area (Å²) in [6.07, 6.45) is 4.41. The number of fused-ring (bicyclic) bond motifs is 1. The minimum absolute atomic E-state index is 0.0348. The molecule has 0 spiro atoms. The van der Waals surface area contributed by atoms with E-state index in [1.165, 1.54) is 25.0 Å². The van der Waals surface area contributed by atoms with E-state index < -0.39 is 0 Å². The molecular formula is C22H26FN3O2. The average molecular weight is 383 g/mol. The largest absolute Gasteiger partial charge is 0.342 e. The number of hydrogen-bond donors (Lipinski definition) is 0. The number of amides is 1. The van der Waals surface area contributed by atoms with Gasteiger partial charge in [0.2, 0.25) is 5.91 Å². The first-order chi connectivity index (χ1) is 13.5. The van der Waals surface area contributed by atoms with E-state index in [1.54, 1.807) is 17.0 Å². The molecule has 0 radical (unpaired) electrons. The third-order valence-electron chi connectivity index (χ3n) is 5.73. The highest BCUT2D eigenvalue weighted by Crippen LogP contribution is 2.30. The number of hydrogen-bond acceptors (Lipinski definition) is 3. The van der Waals surface area contributed by atoms with E-state index in [9.17, 15) is 14.0 Å². The van der Waals surface area contributed by atoms with Crippen molar-refractivity contribution < 1.29 is 9.18 Å². The van der Waals surface area contributed by atoms with Gasteiger partial charge in [-0.1, -0.05) is 19.1 Å². The van der Waals surface area contributed by atoms with Gasteiger partial charge in [0.1, 0.15) is 11.6 Å². The Labute approximate surface area is 164 Å². The maximum atomic E-state index is 13.4. The van der Waals surface area contributed by atoms with Gasteiger partial charge in [0, 0.05) is 38.0 Å². The number of aryl methyl sites for hydroxylation is 1. The fourth-order valence-electron chi connectivity index (χ4n) is 3.94. The SMILES string of the molecule is CCc1nc2c(c(=O)n1CC1CC1)CCN(C(=O)Cc1cccc(F)c1)CC2. The quantitative estimate of drug-likeness (QED) is 0.797. The van der Waals surface area contributed by atoms with Crippen molar-refractivity contribution in [2.45, 2.75) is 52.0 Å². The summed E-state index contributed by atoms with van der Waals surface area (Å²) in [5, 5.41) is 0. The number of halogens is 1. The normalized spacial score (nSPS) is 16.6. The molecule has 2 aliphatic rings. The van der Waals surface area contributed by atoms with Crippen molar-refractivity contribution in [3.05, 3.63) is 63.1 Å².